The second kappa shape index (κ2) is 4.32. The van der Waals surface area contributed by atoms with Crippen LogP contribution in [0.5, 0.6) is 0 Å². The molecule has 0 aliphatic heterocycles. The summed E-state index contributed by atoms with van der Waals surface area (Å²) in [6.07, 6.45) is 6.39. The lowest BCUT2D eigenvalue weighted by molar-refractivity contribution is -0.174. The molecule has 4 aliphatic rings. The van der Waals surface area contributed by atoms with E-state index in [-0.39, 0.29) is 5.60 Å². The normalized spacial score (nSPS) is 43.6. The quantitative estimate of drug-likeness (QED) is 0.903. The molecule has 19 heavy (non-hydrogen) atoms. The summed E-state index contributed by atoms with van der Waals surface area (Å²) in [5, 5.41) is 0. The van der Waals surface area contributed by atoms with Gasteiger partial charge in [-0.25, -0.2) is 0 Å². The van der Waals surface area contributed by atoms with Crippen LogP contribution in [0, 0.1) is 17.8 Å². The maximum atomic E-state index is 6.42. The molecule has 2 N–H and O–H groups in total. The van der Waals surface area contributed by atoms with Crippen molar-refractivity contribution in [2.75, 3.05) is 0 Å². The van der Waals surface area contributed by atoms with Crippen LogP contribution >= 0.6 is 0 Å². The zero-order valence-electron chi connectivity index (χ0n) is 11.4. The molecule has 2 heteroatoms. The van der Waals surface area contributed by atoms with Gasteiger partial charge < -0.3 is 10.5 Å². The van der Waals surface area contributed by atoms with E-state index in [4.69, 9.17) is 10.5 Å². The first-order valence-electron chi connectivity index (χ1n) is 7.68. The van der Waals surface area contributed by atoms with Gasteiger partial charge in [-0.2, -0.15) is 0 Å². The van der Waals surface area contributed by atoms with Gasteiger partial charge in [0, 0.05) is 6.04 Å². The van der Waals surface area contributed by atoms with Crippen molar-refractivity contribution < 1.29 is 4.74 Å². The summed E-state index contributed by atoms with van der Waals surface area (Å²) >= 11 is 0. The molecule has 0 radical (unpaired) electrons. The van der Waals surface area contributed by atoms with Crippen molar-refractivity contribution in [3.63, 3.8) is 0 Å². The molecule has 2 unspecified atom stereocenters. The van der Waals surface area contributed by atoms with Crippen LogP contribution in [-0.4, -0.2) is 11.6 Å². The van der Waals surface area contributed by atoms with Gasteiger partial charge in [-0.3, -0.25) is 0 Å². The van der Waals surface area contributed by atoms with E-state index in [1.807, 2.05) is 0 Å². The van der Waals surface area contributed by atoms with Crippen LogP contribution in [0.1, 0.15) is 37.7 Å². The van der Waals surface area contributed by atoms with Crippen molar-refractivity contribution in [3.05, 3.63) is 35.9 Å². The second-order valence-electron chi connectivity index (χ2n) is 7.00. The minimum atomic E-state index is 0.155. The molecule has 1 aromatic rings. The first-order chi connectivity index (χ1) is 9.24. The Labute approximate surface area is 115 Å². The third kappa shape index (κ3) is 2.02. The first kappa shape index (κ1) is 11.9. The maximum Gasteiger partial charge on any atom is 0.0724 e. The van der Waals surface area contributed by atoms with E-state index in [0.717, 1.165) is 24.4 Å². The monoisotopic (exact) mass is 257 g/mol. The molecule has 0 saturated heterocycles. The molecular formula is C17H23NO. The third-order valence-electron chi connectivity index (χ3n) is 5.68. The maximum absolute atomic E-state index is 6.42. The van der Waals surface area contributed by atoms with Crippen LogP contribution in [0.15, 0.2) is 30.3 Å². The SMILES string of the molecule is NC1C2CC3CC1CC(OCc1ccccc1)(C3)C2. The average Bonchev–Trinajstić information content (AvgIpc) is 2.43. The molecule has 1 aromatic carbocycles. The molecule has 4 saturated carbocycles. The van der Waals surface area contributed by atoms with E-state index in [1.54, 1.807) is 0 Å². The van der Waals surface area contributed by atoms with E-state index < -0.39 is 0 Å². The summed E-state index contributed by atoms with van der Waals surface area (Å²) < 4.78 is 6.42. The van der Waals surface area contributed by atoms with E-state index in [1.165, 1.54) is 37.7 Å². The van der Waals surface area contributed by atoms with Crippen LogP contribution in [0.2, 0.25) is 0 Å². The summed E-state index contributed by atoms with van der Waals surface area (Å²) in [6.45, 7) is 0.766. The van der Waals surface area contributed by atoms with E-state index in [9.17, 15) is 0 Å². The summed E-state index contributed by atoms with van der Waals surface area (Å²) in [7, 11) is 0. The van der Waals surface area contributed by atoms with E-state index >= 15 is 0 Å². The minimum absolute atomic E-state index is 0.155. The second-order valence-corrected chi connectivity index (χ2v) is 7.00. The molecule has 0 aromatic heterocycles. The largest absolute Gasteiger partial charge is 0.370 e. The molecule has 0 spiro atoms. The Morgan fingerprint density at radius 3 is 2.42 bits per heavy atom. The van der Waals surface area contributed by atoms with Gasteiger partial charge >= 0.3 is 0 Å². The van der Waals surface area contributed by atoms with Gasteiger partial charge in [0.1, 0.15) is 0 Å². The minimum Gasteiger partial charge on any atom is -0.370 e. The predicted molar refractivity (Wildman–Crippen MR) is 75.5 cm³/mol. The fraction of sp³-hybridized carbons (Fsp3) is 0.647. The van der Waals surface area contributed by atoms with Crippen molar-refractivity contribution in [1.82, 2.24) is 0 Å². The summed E-state index contributed by atoms with van der Waals surface area (Å²) in [6, 6.07) is 11.0. The number of ether oxygens (including phenoxy) is 1. The van der Waals surface area contributed by atoms with Crippen molar-refractivity contribution >= 4 is 0 Å². The summed E-state index contributed by atoms with van der Waals surface area (Å²) in [5.41, 5.74) is 7.83. The third-order valence-corrected chi connectivity index (χ3v) is 5.68. The molecule has 4 fully saturated rings. The van der Waals surface area contributed by atoms with Gasteiger partial charge in [0.05, 0.1) is 12.2 Å². The number of nitrogens with two attached hydrogens (primary N) is 1. The first-order valence-corrected chi connectivity index (χ1v) is 7.68. The molecule has 2 atom stereocenters. The molecule has 4 bridgehead atoms. The summed E-state index contributed by atoms with van der Waals surface area (Å²) in [4.78, 5) is 0. The van der Waals surface area contributed by atoms with E-state index in [2.05, 4.69) is 30.3 Å². The van der Waals surface area contributed by atoms with Crippen molar-refractivity contribution in [3.8, 4) is 0 Å². The van der Waals surface area contributed by atoms with Gasteiger partial charge in [-0.1, -0.05) is 30.3 Å². The Bertz CT molecular complexity index is 442. The fourth-order valence-corrected chi connectivity index (χ4v) is 4.98. The van der Waals surface area contributed by atoms with Gasteiger partial charge in [0.15, 0.2) is 0 Å². The zero-order valence-corrected chi connectivity index (χ0v) is 11.4. The Morgan fingerprint density at radius 1 is 1.05 bits per heavy atom. The molecule has 102 valence electrons. The highest BCUT2D eigenvalue weighted by Gasteiger charge is 2.54. The number of rotatable bonds is 3. The van der Waals surface area contributed by atoms with Gasteiger partial charge in [0.2, 0.25) is 0 Å². The van der Waals surface area contributed by atoms with Crippen LogP contribution in [0.4, 0.5) is 0 Å². The average molecular weight is 257 g/mol. The van der Waals surface area contributed by atoms with Crippen molar-refractivity contribution in [2.24, 2.45) is 23.5 Å². The highest BCUT2D eigenvalue weighted by Crippen LogP contribution is 2.56. The Hall–Kier alpha value is -0.860. The van der Waals surface area contributed by atoms with Crippen molar-refractivity contribution in [2.45, 2.75) is 50.4 Å². The van der Waals surface area contributed by atoms with Gasteiger partial charge in [0.25, 0.3) is 0 Å². The van der Waals surface area contributed by atoms with Gasteiger partial charge in [-0.05, 0) is 55.4 Å². The Morgan fingerprint density at radius 2 is 1.74 bits per heavy atom. The highest BCUT2D eigenvalue weighted by atomic mass is 16.5. The highest BCUT2D eigenvalue weighted by molar-refractivity contribution is 5.14. The lowest BCUT2D eigenvalue weighted by atomic mass is 9.52. The van der Waals surface area contributed by atoms with Crippen LogP contribution in [0.25, 0.3) is 0 Å². The Balaban J connectivity index is 1.49. The molecule has 0 amide bonds. The molecule has 4 aliphatic carbocycles. The molecule has 5 rings (SSSR count). The molecule has 0 heterocycles. The summed E-state index contributed by atoms with van der Waals surface area (Å²) in [5.74, 6) is 2.33. The standard InChI is InChI=1S/C17H23NO/c18-16-14-6-13-7-15(16)10-17(8-13,9-14)19-11-12-4-2-1-3-5-12/h1-5,13-16H,6-11,18H2. The smallest absolute Gasteiger partial charge is 0.0724 e. The fourth-order valence-electron chi connectivity index (χ4n) is 4.98. The Kier molecular flexibility index (Phi) is 2.71. The van der Waals surface area contributed by atoms with Crippen LogP contribution < -0.4 is 5.73 Å². The van der Waals surface area contributed by atoms with E-state index in [0.29, 0.717) is 6.04 Å². The molecule has 2 nitrogen and oxygen atoms in total. The number of hydrogen-bond acceptors (Lipinski definition) is 2. The lowest BCUT2D eigenvalue weighted by Gasteiger charge is -2.58. The zero-order chi connectivity index (χ0) is 12.9. The van der Waals surface area contributed by atoms with Crippen LogP contribution in [-0.2, 0) is 11.3 Å². The van der Waals surface area contributed by atoms with Gasteiger partial charge in [-0.15, -0.1) is 0 Å². The number of hydrogen-bond donors (Lipinski definition) is 1. The lowest BCUT2D eigenvalue weighted by Crippen LogP contribution is -2.60. The topological polar surface area (TPSA) is 35.2 Å². The molecular weight excluding hydrogens is 234 g/mol. The van der Waals surface area contributed by atoms with Crippen LogP contribution in [0.3, 0.4) is 0 Å². The van der Waals surface area contributed by atoms with Crippen molar-refractivity contribution in [1.29, 1.82) is 0 Å². The predicted octanol–water partition coefficient (Wildman–Crippen LogP) is 3.11. The number of benzene rings is 1.